The van der Waals surface area contributed by atoms with Crippen LogP contribution >= 0.6 is 0 Å². The van der Waals surface area contributed by atoms with Crippen LogP contribution in [0.2, 0.25) is 0 Å². The molecule has 0 saturated carbocycles. The Balaban J connectivity index is 1.95. The molecule has 2 N–H and O–H groups in total. The van der Waals surface area contributed by atoms with Crippen LogP contribution in [0, 0.1) is 10.1 Å². The summed E-state index contributed by atoms with van der Waals surface area (Å²) in [6.07, 6.45) is -4.52. The predicted octanol–water partition coefficient (Wildman–Crippen LogP) is 3.09. The minimum atomic E-state index is -2.31. The van der Waals surface area contributed by atoms with Gasteiger partial charge in [-0.2, -0.15) is 0 Å². The van der Waals surface area contributed by atoms with Gasteiger partial charge in [0.15, 0.2) is 0 Å². The lowest BCUT2D eigenvalue weighted by atomic mass is 10.1. The average Bonchev–Trinajstić information content (AvgIpc) is 2.94. The monoisotopic (exact) mass is 538 g/mol. The molecule has 0 aliphatic rings. The van der Waals surface area contributed by atoms with Crippen molar-refractivity contribution in [2.24, 2.45) is 0 Å². The first-order valence-electron chi connectivity index (χ1n) is 11.1. The van der Waals surface area contributed by atoms with Gasteiger partial charge < -0.3 is 29.4 Å². The summed E-state index contributed by atoms with van der Waals surface area (Å²) in [5, 5.41) is 23.2. The van der Waals surface area contributed by atoms with Gasteiger partial charge in [0.2, 0.25) is 12.2 Å². The average molecular weight is 538 g/mol. The quantitative estimate of drug-likeness (QED) is 0.208. The summed E-state index contributed by atoms with van der Waals surface area (Å²) in [6.45, 7) is 0. The van der Waals surface area contributed by atoms with E-state index < -0.39 is 40.9 Å². The minimum absolute atomic E-state index is 0.0919. The van der Waals surface area contributed by atoms with E-state index in [4.69, 9.17) is 18.9 Å². The van der Waals surface area contributed by atoms with Crippen molar-refractivity contribution in [1.82, 2.24) is 0 Å². The van der Waals surface area contributed by atoms with Crippen LogP contribution in [0.1, 0.15) is 20.7 Å². The van der Waals surface area contributed by atoms with Crippen LogP contribution in [0.25, 0.3) is 0 Å². The summed E-state index contributed by atoms with van der Waals surface area (Å²) < 4.78 is 20.4. The van der Waals surface area contributed by atoms with Gasteiger partial charge in [-0.15, -0.1) is 0 Å². The lowest BCUT2D eigenvalue weighted by Gasteiger charge is -2.23. The summed E-state index contributed by atoms with van der Waals surface area (Å²) in [5.74, 6) is -4.74. The Morgan fingerprint density at radius 1 is 0.795 bits per heavy atom. The molecule has 0 unspecified atom stereocenters. The number of carbonyl (C=O) groups excluding carboxylic acids is 3. The van der Waals surface area contributed by atoms with Gasteiger partial charge in [0.05, 0.1) is 30.3 Å². The normalized spacial score (nSPS) is 11.8. The maximum absolute atomic E-state index is 13.2. The maximum Gasteiger partial charge on any atom is 0.349 e. The number of methoxy groups -OCH3 is 2. The van der Waals surface area contributed by atoms with Crippen LogP contribution in [-0.4, -0.2) is 60.3 Å². The molecule has 39 heavy (non-hydrogen) atoms. The zero-order chi connectivity index (χ0) is 28.5. The van der Waals surface area contributed by atoms with Crippen molar-refractivity contribution < 1.29 is 48.2 Å². The van der Waals surface area contributed by atoms with E-state index in [1.54, 1.807) is 6.07 Å². The molecule has 0 radical (unpaired) electrons. The number of ether oxygens (including phenoxy) is 4. The molecule has 0 heterocycles. The summed E-state index contributed by atoms with van der Waals surface area (Å²) in [4.78, 5) is 61.4. The number of hydrogen-bond acceptors (Lipinski definition) is 10. The van der Waals surface area contributed by atoms with E-state index in [-0.39, 0.29) is 34.0 Å². The first-order chi connectivity index (χ1) is 18.6. The van der Waals surface area contributed by atoms with E-state index in [1.165, 1.54) is 74.9 Å². The number of hydrogen-bond donors (Lipinski definition) is 2. The van der Waals surface area contributed by atoms with E-state index in [2.05, 4.69) is 5.32 Å². The lowest BCUT2D eigenvalue weighted by molar-refractivity contribution is -0.384. The number of non-ortho nitro benzene ring substituents is 1. The van der Waals surface area contributed by atoms with Gasteiger partial charge in [0.25, 0.3) is 11.6 Å². The molecule has 0 bridgehead atoms. The molecule has 0 aromatic heterocycles. The van der Waals surface area contributed by atoms with Crippen molar-refractivity contribution in [2.75, 3.05) is 19.5 Å². The molecule has 2 atom stereocenters. The van der Waals surface area contributed by atoms with Crippen molar-refractivity contribution in [1.29, 1.82) is 0 Å². The first kappa shape index (κ1) is 28.1. The predicted molar refractivity (Wildman–Crippen MR) is 134 cm³/mol. The van der Waals surface area contributed by atoms with Crippen molar-refractivity contribution >= 4 is 35.2 Å². The summed E-state index contributed by atoms with van der Waals surface area (Å²) >= 11 is 0. The van der Waals surface area contributed by atoms with Gasteiger partial charge >= 0.3 is 17.9 Å². The molecule has 0 aliphatic heterocycles. The Bertz CT molecular complexity index is 1410. The number of rotatable bonds is 11. The second-order valence-corrected chi connectivity index (χ2v) is 7.75. The summed E-state index contributed by atoms with van der Waals surface area (Å²) in [6, 6.07) is 16.0. The summed E-state index contributed by atoms with van der Waals surface area (Å²) in [5.41, 5.74) is -0.653. The fourth-order valence-corrected chi connectivity index (χ4v) is 3.27. The third kappa shape index (κ3) is 7.29. The topological polar surface area (TPSA) is 181 Å². The zero-order valence-electron chi connectivity index (χ0n) is 20.6. The van der Waals surface area contributed by atoms with Crippen molar-refractivity contribution in [2.45, 2.75) is 12.2 Å². The van der Waals surface area contributed by atoms with E-state index >= 15 is 0 Å². The van der Waals surface area contributed by atoms with Gasteiger partial charge in [-0.1, -0.05) is 18.2 Å². The van der Waals surface area contributed by atoms with Crippen molar-refractivity contribution in [3.8, 4) is 11.5 Å². The highest BCUT2D eigenvalue weighted by molar-refractivity contribution is 6.01. The Labute approximate surface area is 221 Å². The SMILES string of the molecule is COc1cccc(C(=O)O[C@H](C(=O)O)[C@@H](OC(=O)c2cccc(OC)c2)C(=O)Nc2cccc([N+](=O)[O-])c2)c1. The fourth-order valence-electron chi connectivity index (χ4n) is 3.27. The molecular formula is C26H22N2O11. The van der Waals surface area contributed by atoms with Gasteiger partial charge in [0.1, 0.15) is 11.5 Å². The largest absolute Gasteiger partial charge is 0.497 e. The van der Waals surface area contributed by atoms with Gasteiger partial charge in [-0.3, -0.25) is 14.9 Å². The highest BCUT2D eigenvalue weighted by Gasteiger charge is 2.41. The number of nitrogens with one attached hydrogen (secondary N) is 1. The number of nitrogens with zero attached hydrogens (tertiary/aromatic N) is 1. The van der Waals surface area contributed by atoms with Crippen LogP contribution < -0.4 is 14.8 Å². The molecule has 0 aliphatic carbocycles. The molecule has 0 saturated heterocycles. The number of carbonyl (C=O) groups is 4. The maximum atomic E-state index is 13.2. The third-order valence-electron chi connectivity index (χ3n) is 5.18. The molecule has 0 spiro atoms. The number of benzene rings is 3. The van der Waals surface area contributed by atoms with E-state index in [0.717, 1.165) is 6.07 Å². The molecule has 3 rings (SSSR count). The second-order valence-electron chi connectivity index (χ2n) is 7.75. The number of anilines is 1. The fraction of sp³-hybridized carbons (Fsp3) is 0.154. The molecule has 3 aromatic rings. The molecular weight excluding hydrogens is 516 g/mol. The Morgan fingerprint density at radius 2 is 1.31 bits per heavy atom. The Kier molecular flexibility index (Phi) is 9.14. The minimum Gasteiger partial charge on any atom is -0.497 e. The van der Waals surface area contributed by atoms with Crippen LogP contribution in [0.4, 0.5) is 11.4 Å². The van der Waals surface area contributed by atoms with E-state index in [1.807, 2.05) is 0 Å². The van der Waals surface area contributed by atoms with Crippen LogP contribution in [0.15, 0.2) is 72.8 Å². The van der Waals surface area contributed by atoms with E-state index in [9.17, 15) is 34.4 Å². The summed E-state index contributed by atoms with van der Waals surface area (Å²) in [7, 11) is 2.72. The highest BCUT2D eigenvalue weighted by atomic mass is 16.6. The smallest absolute Gasteiger partial charge is 0.349 e. The van der Waals surface area contributed by atoms with Crippen LogP contribution in [0.3, 0.4) is 0 Å². The van der Waals surface area contributed by atoms with Crippen LogP contribution in [0.5, 0.6) is 11.5 Å². The number of nitro benzene ring substituents is 1. The molecule has 13 heteroatoms. The molecule has 0 fully saturated rings. The number of esters is 2. The zero-order valence-corrected chi connectivity index (χ0v) is 20.6. The lowest BCUT2D eigenvalue weighted by Crippen LogP contribution is -2.48. The molecule has 202 valence electrons. The van der Waals surface area contributed by atoms with Crippen LogP contribution in [-0.2, 0) is 19.1 Å². The number of carboxylic acids is 1. The van der Waals surface area contributed by atoms with Gasteiger partial charge in [0, 0.05) is 17.8 Å². The first-order valence-corrected chi connectivity index (χ1v) is 11.1. The number of nitro groups is 1. The number of carboxylic acid groups (broad SMARTS) is 1. The molecule has 3 aromatic carbocycles. The van der Waals surface area contributed by atoms with Gasteiger partial charge in [-0.05, 0) is 42.5 Å². The van der Waals surface area contributed by atoms with Gasteiger partial charge in [-0.25, -0.2) is 14.4 Å². The third-order valence-corrected chi connectivity index (χ3v) is 5.18. The standard InChI is InChI=1S/C26H22N2O11/c1-36-19-10-3-6-15(12-19)25(32)38-21(23(29)27-17-8-5-9-18(14-17)28(34)35)22(24(30)31)39-26(33)16-7-4-11-20(13-16)37-2/h3-14,21-22H,1-2H3,(H,27,29)(H,30,31)/t21-,22+/m1/s1. The number of aliphatic carboxylic acids is 1. The Morgan fingerprint density at radius 3 is 1.79 bits per heavy atom. The number of amides is 1. The highest BCUT2D eigenvalue weighted by Crippen LogP contribution is 2.21. The van der Waals surface area contributed by atoms with E-state index in [0.29, 0.717) is 0 Å². The molecule has 1 amide bonds. The molecule has 13 nitrogen and oxygen atoms in total. The van der Waals surface area contributed by atoms with Crippen molar-refractivity contribution in [3.63, 3.8) is 0 Å². The second kappa shape index (κ2) is 12.7. The Hall–Kier alpha value is -5.46. The van der Waals surface area contributed by atoms with Crippen molar-refractivity contribution in [3.05, 3.63) is 94.0 Å².